The van der Waals surface area contributed by atoms with Crippen molar-refractivity contribution in [3.05, 3.63) is 22.5 Å². The Balaban J connectivity index is 2.95. The third-order valence-corrected chi connectivity index (χ3v) is 1.79. The molecule has 7 heteroatoms. The Morgan fingerprint density at radius 3 is 2.86 bits per heavy atom. The van der Waals surface area contributed by atoms with E-state index < -0.39 is 16.9 Å². The van der Waals surface area contributed by atoms with Crippen LogP contribution in [0.25, 0.3) is 0 Å². The van der Waals surface area contributed by atoms with Gasteiger partial charge < -0.3 is 5.11 Å². The lowest BCUT2D eigenvalue weighted by Gasteiger charge is -2.08. The molecule has 0 aliphatic heterocycles. The summed E-state index contributed by atoms with van der Waals surface area (Å²) >= 11 is 0. The van der Waals surface area contributed by atoms with Crippen molar-refractivity contribution in [2.24, 2.45) is 0 Å². The number of nitrogens with zero attached hydrogens (tertiary/aromatic N) is 3. The number of aromatic nitrogens is 2. The van der Waals surface area contributed by atoms with Crippen LogP contribution in [0.3, 0.4) is 0 Å². The van der Waals surface area contributed by atoms with Crippen LogP contribution in [0.5, 0.6) is 0 Å². The van der Waals surface area contributed by atoms with E-state index in [4.69, 9.17) is 5.11 Å². The molecule has 1 aromatic heterocycles. The predicted octanol–water partition coefficient (Wildman–Crippen LogP) is 0.827. The Labute approximate surface area is 79.1 Å². The molecule has 7 nitrogen and oxygen atoms in total. The number of carboxylic acid groups (broad SMARTS) is 1. The van der Waals surface area contributed by atoms with Gasteiger partial charge in [0.15, 0.2) is 0 Å². The second-order valence-corrected chi connectivity index (χ2v) is 2.70. The molecule has 0 aromatic carbocycles. The zero-order valence-corrected chi connectivity index (χ0v) is 7.45. The van der Waals surface area contributed by atoms with Gasteiger partial charge in [-0.25, -0.2) is 4.79 Å². The first kappa shape index (κ1) is 10.2. The van der Waals surface area contributed by atoms with Gasteiger partial charge in [-0.05, 0) is 6.42 Å². The maximum Gasteiger partial charge on any atom is 0.328 e. The molecule has 0 saturated carbocycles. The first-order valence-electron chi connectivity index (χ1n) is 3.97. The van der Waals surface area contributed by atoms with E-state index in [-0.39, 0.29) is 5.69 Å². The zero-order valence-electron chi connectivity index (χ0n) is 7.45. The van der Waals surface area contributed by atoms with Gasteiger partial charge in [-0.2, -0.15) is 5.10 Å². The molecule has 1 N–H and O–H groups in total. The van der Waals surface area contributed by atoms with Gasteiger partial charge in [-0.15, -0.1) is 0 Å². The summed E-state index contributed by atoms with van der Waals surface area (Å²) in [6.07, 6.45) is 2.47. The zero-order chi connectivity index (χ0) is 10.7. The summed E-state index contributed by atoms with van der Waals surface area (Å²) in [5, 5.41) is 22.7. The van der Waals surface area contributed by atoms with E-state index in [1.807, 2.05) is 0 Å². The summed E-state index contributed by atoms with van der Waals surface area (Å²) in [5.74, 6) is -1.05. The van der Waals surface area contributed by atoms with Gasteiger partial charge in [0.25, 0.3) is 0 Å². The Morgan fingerprint density at radius 2 is 2.50 bits per heavy atom. The number of nitro groups is 1. The molecule has 14 heavy (non-hydrogen) atoms. The SMILES string of the molecule is CCC(C(=O)O)n1cc([N+](=O)[O-])cn1. The fourth-order valence-electron chi connectivity index (χ4n) is 1.07. The number of hydrogen-bond donors (Lipinski definition) is 1. The normalized spacial score (nSPS) is 12.4. The molecule has 0 bridgehead atoms. The molecule has 0 amide bonds. The van der Waals surface area contributed by atoms with Crippen LogP contribution in [0, 0.1) is 10.1 Å². The minimum Gasteiger partial charge on any atom is -0.480 e. The maximum absolute atomic E-state index is 10.7. The van der Waals surface area contributed by atoms with Gasteiger partial charge in [-0.3, -0.25) is 14.8 Å². The summed E-state index contributed by atoms with van der Waals surface area (Å²) < 4.78 is 1.08. The molecule has 1 heterocycles. The van der Waals surface area contributed by atoms with Crippen molar-refractivity contribution in [3.8, 4) is 0 Å². The Bertz CT molecular complexity index is 360. The van der Waals surface area contributed by atoms with Gasteiger partial charge >= 0.3 is 11.7 Å². The lowest BCUT2D eigenvalue weighted by molar-refractivity contribution is -0.385. The molecule has 0 fully saturated rings. The topological polar surface area (TPSA) is 98.3 Å². The van der Waals surface area contributed by atoms with Crippen molar-refractivity contribution >= 4 is 11.7 Å². The summed E-state index contributed by atoms with van der Waals surface area (Å²) in [6, 6.07) is -0.844. The standard InChI is InChI=1S/C7H9N3O4/c1-2-6(7(11)12)9-4-5(3-8-9)10(13)14/h3-4,6H,2H2,1H3,(H,11,12). The highest BCUT2D eigenvalue weighted by atomic mass is 16.6. The van der Waals surface area contributed by atoms with Crippen LogP contribution in [-0.4, -0.2) is 25.8 Å². The maximum atomic E-state index is 10.7. The van der Waals surface area contributed by atoms with E-state index in [1.165, 1.54) is 0 Å². The highest BCUT2D eigenvalue weighted by molar-refractivity contribution is 5.71. The van der Waals surface area contributed by atoms with Gasteiger partial charge in [0.05, 0.1) is 4.92 Å². The van der Waals surface area contributed by atoms with Crippen LogP contribution in [0.15, 0.2) is 12.4 Å². The number of rotatable bonds is 4. The molecule has 1 atom stereocenters. The summed E-state index contributed by atoms with van der Waals surface area (Å²) in [6.45, 7) is 1.67. The highest BCUT2D eigenvalue weighted by Gasteiger charge is 2.20. The number of aliphatic carboxylic acids is 1. The molecule has 0 radical (unpaired) electrons. The summed E-state index contributed by atoms with van der Waals surface area (Å²) in [7, 11) is 0. The van der Waals surface area contributed by atoms with Gasteiger partial charge in [0.2, 0.25) is 0 Å². The van der Waals surface area contributed by atoms with E-state index in [2.05, 4.69) is 5.10 Å². The van der Waals surface area contributed by atoms with E-state index in [0.717, 1.165) is 17.1 Å². The van der Waals surface area contributed by atoms with Crippen molar-refractivity contribution in [1.29, 1.82) is 0 Å². The third kappa shape index (κ3) is 1.87. The van der Waals surface area contributed by atoms with Crippen molar-refractivity contribution in [2.45, 2.75) is 19.4 Å². The van der Waals surface area contributed by atoms with E-state index in [1.54, 1.807) is 6.92 Å². The average molecular weight is 199 g/mol. The number of carbonyl (C=O) groups is 1. The summed E-state index contributed by atoms with van der Waals surface area (Å²) in [4.78, 5) is 20.4. The first-order valence-corrected chi connectivity index (χ1v) is 3.97. The fraction of sp³-hybridized carbons (Fsp3) is 0.429. The largest absolute Gasteiger partial charge is 0.480 e. The van der Waals surface area contributed by atoms with Crippen LogP contribution in [0.1, 0.15) is 19.4 Å². The Kier molecular flexibility index (Phi) is 2.80. The quantitative estimate of drug-likeness (QED) is 0.571. The first-order chi connectivity index (χ1) is 6.56. The molecule has 1 unspecified atom stereocenters. The van der Waals surface area contributed by atoms with Crippen molar-refractivity contribution in [2.75, 3.05) is 0 Å². The van der Waals surface area contributed by atoms with Crippen molar-refractivity contribution in [1.82, 2.24) is 9.78 Å². The van der Waals surface area contributed by atoms with E-state index >= 15 is 0 Å². The van der Waals surface area contributed by atoms with Gasteiger partial charge in [0, 0.05) is 0 Å². The molecule has 0 aliphatic carbocycles. The fourth-order valence-corrected chi connectivity index (χ4v) is 1.07. The molecular formula is C7H9N3O4. The van der Waals surface area contributed by atoms with E-state index in [0.29, 0.717) is 6.42 Å². The van der Waals surface area contributed by atoms with E-state index in [9.17, 15) is 14.9 Å². The molecule has 1 aromatic rings. The van der Waals surface area contributed by atoms with Crippen molar-refractivity contribution in [3.63, 3.8) is 0 Å². The Morgan fingerprint density at radius 1 is 1.86 bits per heavy atom. The highest BCUT2D eigenvalue weighted by Crippen LogP contribution is 2.15. The predicted molar refractivity (Wildman–Crippen MR) is 45.8 cm³/mol. The second kappa shape index (κ2) is 3.86. The van der Waals surface area contributed by atoms with Crippen LogP contribution in [0.4, 0.5) is 5.69 Å². The third-order valence-electron chi connectivity index (χ3n) is 1.79. The van der Waals surface area contributed by atoms with Gasteiger partial charge in [0.1, 0.15) is 18.4 Å². The number of hydrogen-bond acceptors (Lipinski definition) is 4. The lowest BCUT2D eigenvalue weighted by Crippen LogP contribution is -2.18. The van der Waals surface area contributed by atoms with Crippen LogP contribution >= 0.6 is 0 Å². The van der Waals surface area contributed by atoms with Crippen LogP contribution in [0.2, 0.25) is 0 Å². The molecule has 76 valence electrons. The number of carboxylic acids is 1. The van der Waals surface area contributed by atoms with Gasteiger partial charge in [-0.1, -0.05) is 6.92 Å². The average Bonchev–Trinajstić information content (AvgIpc) is 2.53. The summed E-state index contributed by atoms with van der Waals surface area (Å²) in [5.41, 5.74) is -0.204. The molecular weight excluding hydrogens is 190 g/mol. The minimum absolute atomic E-state index is 0.204. The van der Waals surface area contributed by atoms with Crippen LogP contribution < -0.4 is 0 Å². The molecule has 1 rings (SSSR count). The molecule has 0 saturated heterocycles. The lowest BCUT2D eigenvalue weighted by atomic mass is 10.2. The van der Waals surface area contributed by atoms with Crippen LogP contribution in [-0.2, 0) is 4.79 Å². The minimum atomic E-state index is -1.05. The molecule has 0 spiro atoms. The molecule has 0 aliphatic rings. The smallest absolute Gasteiger partial charge is 0.328 e. The monoisotopic (exact) mass is 199 g/mol. The van der Waals surface area contributed by atoms with Crippen molar-refractivity contribution < 1.29 is 14.8 Å². The Hall–Kier alpha value is -1.92. The second-order valence-electron chi connectivity index (χ2n) is 2.70.